The highest BCUT2D eigenvalue weighted by molar-refractivity contribution is 5.66. The van der Waals surface area contributed by atoms with E-state index < -0.39 is 5.97 Å². The molecule has 0 aliphatic carbocycles. The Bertz CT molecular complexity index is 127. The topological polar surface area (TPSA) is 46.5 Å². The number of carboxylic acid groups (broad SMARTS) is 1. The van der Waals surface area contributed by atoms with E-state index in [4.69, 9.17) is 9.84 Å². The monoisotopic (exact) mass is 158 g/mol. The van der Waals surface area contributed by atoms with Crippen molar-refractivity contribution in [1.29, 1.82) is 0 Å². The summed E-state index contributed by atoms with van der Waals surface area (Å²) in [5, 5.41) is 8.41. The van der Waals surface area contributed by atoms with Gasteiger partial charge in [-0.15, -0.1) is 0 Å². The third-order valence-corrected chi connectivity index (χ3v) is 2.11. The molecule has 0 saturated carbocycles. The van der Waals surface area contributed by atoms with E-state index >= 15 is 0 Å². The molecule has 1 aliphatic heterocycles. The maximum absolute atomic E-state index is 10.2. The van der Waals surface area contributed by atoms with Gasteiger partial charge in [0.1, 0.15) is 0 Å². The van der Waals surface area contributed by atoms with E-state index in [0.717, 1.165) is 32.5 Å². The average molecular weight is 158 g/mol. The van der Waals surface area contributed by atoms with Crippen molar-refractivity contribution in [2.45, 2.75) is 25.7 Å². The third kappa shape index (κ3) is 3.37. The van der Waals surface area contributed by atoms with Crippen molar-refractivity contribution in [3.8, 4) is 0 Å². The Morgan fingerprint density at radius 1 is 1.45 bits per heavy atom. The lowest BCUT2D eigenvalue weighted by atomic mass is 9.95. The Kier molecular flexibility index (Phi) is 3.36. The van der Waals surface area contributed by atoms with Gasteiger partial charge in [-0.2, -0.15) is 0 Å². The second-order valence-corrected chi connectivity index (χ2v) is 2.99. The lowest BCUT2D eigenvalue weighted by Gasteiger charge is -2.20. The molecule has 3 nitrogen and oxygen atoms in total. The smallest absolute Gasteiger partial charge is 0.303 e. The van der Waals surface area contributed by atoms with Gasteiger partial charge in [0.05, 0.1) is 0 Å². The van der Waals surface area contributed by atoms with Gasteiger partial charge in [0, 0.05) is 19.6 Å². The van der Waals surface area contributed by atoms with Crippen molar-refractivity contribution in [2.75, 3.05) is 13.2 Å². The van der Waals surface area contributed by atoms with E-state index in [9.17, 15) is 4.79 Å². The Labute approximate surface area is 66.4 Å². The van der Waals surface area contributed by atoms with Crippen LogP contribution in [-0.4, -0.2) is 24.3 Å². The van der Waals surface area contributed by atoms with Crippen molar-refractivity contribution >= 4 is 5.97 Å². The van der Waals surface area contributed by atoms with Gasteiger partial charge < -0.3 is 9.84 Å². The molecule has 11 heavy (non-hydrogen) atoms. The van der Waals surface area contributed by atoms with Gasteiger partial charge >= 0.3 is 5.97 Å². The van der Waals surface area contributed by atoms with E-state index in [0.29, 0.717) is 12.3 Å². The van der Waals surface area contributed by atoms with Crippen molar-refractivity contribution in [3.05, 3.63) is 0 Å². The molecule has 0 aromatic heterocycles. The predicted molar refractivity (Wildman–Crippen MR) is 40.4 cm³/mol. The molecule has 1 heterocycles. The molecule has 0 amide bonds. The summed E-state index contributed by atoms with van der Waals surface area (Å²) in [6.07, 6.45) is 3.20. The summed E-state index contributed by atoms with van der Waals surface area (Å²) in [4.78, 5) is 10.2. The highest BCUT2D eigenvalue weighted by Gasteiger charge is 2.14. The lowest BCUT2D eigenvalue weighted by molar-refractivity contribution is -0.137. The number of carboxylic acids is 1. The summed E-state index contributed by atoms with van der Waals surface area (Å²) in [6.45, 7) is 1.62. The van der Waals surface area contributed by atoms with Gasteiger partial charge in [-0.05, 0) is 25.2 Å². The van der Waals surface area contributed by atoms with Gasteiger partial charge in [-0.25, -0.2) is 0 Å². The first-order valence-corrected chi connectivity index (χ1v) is 4.08. The molecule has 0 radical (unpaired) electrons. The van der Waals surface area contributed by atoms with Crippen LogP contribution < -0.4 is 0 Å². The maximum Gasteiger partial charge on any atom is 0.303 e. The second-order valence-electron chi connectivity index (χ2n) is 2.99. The first-order chi connectivity index (χ1) is 5.29. The third-order valence-electron chi connectivity index (χ3n) is 2.11. The van der Waals surface area contributed by atoms with Crippen molar-refractivity contribution in [1.82, 2.24) is 0 Å². The molecular weight excluding hydrogens is 144 g/mol. The van der Waals surface area contributed by atoms with Crippen LogP contribution in [0, 0.1) is 5.92 Å². The summed E-state index contributed by atoms with van der Waals surface area (Å²) in [7, 11) is 0. The Hall–Kier alpha value is -0.570. The number of ether oxygens (including phenoxy) is 1. The van der Waals surface area contributed by atoms with Gasteiger partial charge in [0.25, 0.3) is 0 Å². The largest absolute Gasteiger partial charge is 0.481 e. The van der Waals surface area contributed by atoms with Crippen molar-refractivity contribution in [3.63, 3.8) is 0 Å². The minimum absolute atomic E-state index is 0.310. The molecule has 0 bridgehead atoms. The molecule has 1 aliphatic rings. The predicted octanol–water partition coefficient (Wildman–Crippen LogP) is 1.28. The Morgan fingerprint density at radius 2 is 2.09 bits per heavy atom. The SMILES string of the molecule is O=C(O)CCC1CCOCC1. The zero-order valence-electron chi connectivity index (χ0n) is 6.58. The molecule has 3 heteroatoms. The second kappa shape index (κ2) is 4.34. The van der Waals surface area contributed by atoms with Crippen molar-refractivity contribution < 1.29 is 14.6 Å². The summed E-state index contributed by atoms with van der Waals surface area (Å²) >= 11 is 0. The molecular formula is C8H14O3. The molecule has 64 valence electrons. The lowest BCUT2D eigenvalue weighted by Crippen LogP contribution is -2.16. The fourth-order valence-corrected chi connectivity index (χ4v) is 1.36. The highest BCUT2D eigenvalue weighted by atomic mass is 16.5. The van der Waals surface area contributed by atoms with Crippen LogP contribution >= 0.6 is 0 Å². The molecule has 0 aromatic rings. The molecule has 1 saturated heterocycles. The number of hydrogen-bond donors (Lipinski definition) is 1. The van der Waals surface area contributed by atoms with Gasteiger partial charge in [-0.1, -0.05) is 0 Å². The summed E-state index contributed by atoms with van der Waals surface area (Å²) < 4.78 is 5.16. The first-order valence-electron chi connectivity index (χ1n) is 4.08. The van der Waals surface area contributed by atoms with Crippen LogP contribution in [0.2, 0.25) is 0 Å². The molecule has 0 atom stereocenters. The summed E-state index contributed by atoms with van der Waals surface area (Å²) in [5.74, 6) is -0.101. The standard InChI is InChI=1S/C8H14O3/c9-8(10)2-1-7-3-5-11-6-4-7/h7H,1-6H2,(H,9,10). The number of hydrogen-bond acceptors (Lipinski definition) is 2. The molecule has 1 rings (SSSR count). The highest BCUT2D eigenvalue weighted by Crippen LogP contribution is 2.19. The minimum atomic E-state index is -0.684. The zero-order valence-corrected chi connectivity index (χ0v) is 6.58. The number of carbonyl (C=O) groups is 1. The van der Waals surface area contributed by atoms with Gasteiger partial charge in [-0.3, -0.25) is 4.79 Å². The zero-order chi connectivity index (χ0) is 8.10. The quantitative estimate of drug-likeness (QED) is 0.673. The molecule has 1 N–H and O–H groups in total. The van der Waals surface area contributed by atoms with Gasteiger partial charge in [0.2, 0.25) is 0 Å². The van der Waals surface area contributed by atoms with Crippen LogP contribution in [0.3, 0.4) is 0 Å². The maximum atomic E-state index is 10.2. The Balaban J connectivity index is 2.09. The van der Waals surface area contributed by atoms with Crippen LogP contribution in [0.1, 0.15) is 25.7 Å². The van der Waals surface area contributed by atoms with E-state index in [1.807, 2.05) is 0 Å². The molecule has 0 spiro atoms. The molecule has 1 fully saturated rings. The van der Waals surface area contributed by atoms with Crippen LogP contribution in [0.25, 0.3) is 0 Å². The summed E-state index contributed by atoms with van der Waals surface area (Å²) in [5.41, 5.74) is 0. The van der Waals surface area contributed by atoms with E-state index in [1.54, 1.807) is 0 Å². The average Bonchev–Trinajstić information content (AvgIpc) is 2.03. The normalized spacial score (nSPS) is 20.0. The van der Waals surface area contributed by atoms with Crippen molar-refractivity contribution in [2.24, 2.45) is 5.92 Å². The van der Waals surface area contributed by atoms with Crippen LogP contribution in [-0.2, 0) is 9.53 Å². The van der Waals surface area contributed by atoms with E-state index in [1.165, 1.54) is 0 Å². The first kappa shape index (κ1) is 8.53. The van der Waals surface area contributed by atoms with Crippen LogP contribution in [0.5, 0.6) is 0 Å². The Morgan fingerprint density at radius 3 is 2.64 bits per heavy atom. The number of rotatable bonds is 3. The minimum Gasteiger partial charge on any atom is -0.481 e. The number of aliphatic carboxylic acids is 1. The van der Waals surface area contributed by atoms with E-state index in [-0.39, 0.29) is 0 Å². The van der Waals surface area contributed by atoms with Crippen LogP contribution in [0.15, 0.2) is 0 Å². The van der Waals surface area contributed by atoms with Gasteiger partial charge in [0.15, 0.2) is 0 Å². The fraction of sp³-hybridized carbons (Fsp3) is 0.875. The van der Waals surface area contributed by atoms with Crippen LogP contribution in [0.4, 0.5) is 0 Å². The molecule has 0 aromatic carbocycles. The summed E-state index contributed by atoms with van der Waals surface area (Å²) in [6, 6.07) is 0. The molecule has 0 unspecified atom stereocenters. The fourth-order valence-electron chi connectivity index (χ4n) is 1.36. The van der Waals surface area contributed by atoms with E-state index in [2.05, 4.69) is 0 Å².